The zero-order valence-electron chi connectivity index (χ0n) is 12.1. The molecule has 1 aromatic heterocycles. The minimum absolute atomic E-state index is 0.158. The van der Waals surface area contributed by atoms with Gasteiger partial charge in [0.1, 0.15) is 23.5 Å². The van der Waals surface area contributed by atoms with Crippen molar-refractivity contribution in [1.82, 2.24) is 14.9 Å². The zero-order chi connectivity index (χ0) is 14.9. The van der Waals surface area contributed by atoms with Gasteiger partial charge in [0.2, 0.25) is 5.91 Å². The molecule has 20 heavy (non-hydrogen) atoms. The van der Waals surface area contributed by atoms with E-state index in [4.69, 9.17) is 0 Å². The van der Waals surface area contributed by atoms with E-state index in [1.807, 2.05) is 13.8 Å². The fraction of sp³-hybridized carbons (Fsp3) is 0.538. The standard InChI is InChI=1S/C13H19N5O2/c1-7(2)12-16-9(14-3)6-10(17-12)15-8-5-11(19)18(4)13(8)20/h6-8H,5H2,1-4H3,(H2,14,15,16,17). The van der Waals surface area contributed by atoms with Crippen LogP contribution in [0, 0.1) is 0 Å². The van der Waals surface area contributed by atoms with Crippen LogP contribution < -0.4 is 10.6 Å². The van der Waals surface area contributed by atoms with Crippen molar-refractivity contribution in [3.05, 3.63) is 11.9 Å². The fourth-order valence-corrected chi connectivity index (χ4v) is 1.97. The molecule has 108 valence electrons. The highest BCUT2D eigenvalue weighted by atomic mass is 16.2. The van der Waals surface area contributed by atoms with Gasteiger partial charge in [-0.25, -0.2) is 9.97 Å². The molecule has 1 saturated heterocycles. The van der Waals surface area contributed by atoms with Crippen molar-refractivity contribution >= 4 is 23.5 Å². The van der Waals surface area contributed by atoms with Crippen LogP contribution in [0.1, 0.15) is 32.0 Å². The molecule has 2 rings (SSSR count). The molecule has 1 aliphatic heterocycles. The molecule has 1 fully saturated rings. The Balaban J connectivity index is 2.23. The number of hydrogen-bond donors (Lipinski definition) is 2. The Morgan fingerprint density at radius 1 is 1.30 bits per heavy atom. The summed E-state index contributed by atoms with van der Waals surface area (Å²) in [6, 6.07) is 1.18. The van der Waals surface area contributed by atoms with Crippen LogP contribution >= 0.6 is 0 Å². The number of aromatic nitrogens is 2. The monoisotopic (exact) mass is 277 g/mol. The van der Waals surface area contributed by atoms with E-state index in [0.717, 1.165) is 4.90 Å². The molecule has 7 heteroatoms. The second-order valence-electron chi connectivity index (χ2n) is 5.09. The number of carbonyl (C=O) groups excluding carboxylic acids is 2. The minimum atomic E-state index is -0.549. The van der Waals surface area contributed by atoms with Gasteiger partial charge < -0.3 is 10.6 Å². The molecule has 0 aromatic carbocycles. The molecule has 7 nitrogen and oxygen atoms in total. The first-order chi connectivity index (χ1) is 9.42. The van der Waals surface area contributed by atoms with E-state index in [1.165, 1.54) is 7.05 Å². The summed E-state index contributed by atoms with van der Waals surface area (Å²) in [5.41, 5.74) is 0. The predicted molar refractivity (Wildman–Crippen MR) is 75.5 cm³/mol. The van der Waals surface area contributed by atoms with Gasteiger partial charge in [0.05, 0.1) is 6.42 Å². The van der Waals surface area contributed by atoms with Crippen LogP contribution in [0.25, 0.3) is 0 Å². The van der Waals surface area contributed by atoms with Gasteiger partial charge in [-0.3, -0.25) is 14.5 Å². The van der Waals surface area contributed by atoms with Crippen LogP contribution in [0.4, 0.5) is 11.6 Å². The molecular formula is C13H19N5O2. The molecule has 1 atom stereocenters. The maximum Gasteiger partial charge on any atom is 0.251 e. The number of amides is 2. The highest BCUT2D eigenvalue weighted by molar-refractivity contribution is 6.06. The zero-order valence-corrected chi connectivity index (χ0v) is 12.1. The number of likely N-dealkylation sites (tertiary alicyclic amines) is 1. The third kappa shape index (κ3) is 2.71. The molecule has 0 bridgehead atoms. The molecule has 1 unspecified atom stereocenters. The van der Waals surface area contributed by atoms with Crippen molar-refractivity contribution in [1.29, 1.82) is 0 Å². The summed E-state index contributed by atoms with van der Waals surface area (Å²) in [6.07, 6.45) is 0.158. The van der Waals surface area contributed by atoms with Gasteiger partial charge in [0, 0.05) is 26.1 Å². The minimum Gasteiger partial charge on any atom is -0.373 e. The van der Waals surface area contributed by atoms with Gasteiger partial charge in [0.15, 0.2) is 0 Å². The average Bonchev–Trinajstić information content (AvgIpc) is 2.66. The van der Waals surface area contributed by atoms with Crippen molar-refractivity contribution < 1.29 is 9.59 Å². The molecule has 2 heterocycles. The Kier molecular flexibility index (Phi) is 3.87. The summed E-state index contributed by atoms with van der Waals surface area (Å²) < 4.78 is 0. The highest BCUT2D eigenvalue weighted by Gasteiger charge is 2.36. The quantitative estimate of drug-likeness (QED) is 0.792. The second-order valence-corrected chi connectivity index (χ2v) is 5.09. The van der Waals surface area contributed by atoms with Crippen LogP contribution in [0.15, 0.2) is 6.07 Å². The Bertz CT molecular complexity index is 544. The first-order valence-electron chi connectivity index (χ1n) is 6.56. The Morgan fingerprint density at radius 3 is 2.45 bits per heavy atom. The van der Waals surface area contributed by atoms with E-state index >= 15 is 0 Å². The summed E-state index contributed by atoms with van der Waals surface area (Å²) in [7, 11) is 3.26. The average molecular weight is 277 g/mol. The lowest BCUT2D eigenvalue weighted by Gasteiger charge is -2.14. The molecule has 0 radical (unpaired) electrons. The van der Waals surface area contributed by atoms with Gasteiger partial charge in [-0.2, -0.15) is 0 Å². The van der Waals surface area contributed by atoms with Gasteiger partial charge in [-0.05, 0) is 0 Å². The van der Waals surface area contributed by atoms with Crippen LogP contribution in [-0.4, -0.2) is 46.8 Å². The van der Waals surface area contributed by atoms with E-state index < -0.39 is 6.04 Å². The molecule has 2 amide bonds. The lowest BCUT2D eigenvalue weighted by Crippen LogP contribution is -2.32. The van der Waals surface area contributed by atoms with E-state index in [0.29, 0.717) is 17.5 Å². The Morgan fingerprint density at radius 2 is 1.95 bits per heavy atom. The number of nitrogens with one attached hydrogen (secondary N) is 2. The topological polar surface area (TPSA) is 87.2 Å². The summed E-state index contributed by atoms with van der Waals surface area (Å²) >= 11 is 0. The summed E-state index contributed by atoms with van der Waals surface area (Å²) in [5.74, 6) is 1.67. The van der Waals surface area contributed by atoms with Crippen LogP contribution in [0.2, 0.25) is 0 Å². The van der Waals surface area contributed by atoms with Gasteiger partial charge in [0.25, 0.3) is 5.91 Å². The number of likely N-dealkylation sites (N-methyl/N-ethyl adjacent to an activating group) is 1. The van der Waals surface area contributed by atoms with Gasteiger partial charge in [-0.15, -0.1) is 0 Å². The molecule has 0 aliphatic carbocycles. The predicted octanol–water partition coefficient (Wildman–Crippen LogP) is 0.811. The largest absolute Gasteiger partial charge is 0.373 e. The first kappa shape index (κ1) is 14.2. The highest BCUT2D eigenvalue weighted by Crippen LogP contribution is 2.20. The molecule has 0 spiro atoms. The number of anilines is 2. The normalized spacial score (nSPS) is 18.9. The van der Waals surface area contributed by atoms with Gasteiger partial charge in [-0.1, -0.05) is 13.8 Å². The number of nitrogens with zero attached hydrogens (tertiary/aromatic N) is 3. The summed E-state index contributed by atoms with van der Waals surface area (Å²) in [6.45, 7) is 3.99. The molecule has 2 N–H and O–H groups in total. The van der Waals surface area contributed by atoms with Crippen molar-refractivity contribution in [3.8, 4) is 0 Å². The fourth-order valence-electron chi connectivity index (χ4n) is 1.97. The van der Waals surface area contributed by atoms with E-state index in [2.05, 4.69) is 20.6 Å². The summed E-state index contributed by atoms with van der Waals surface area (Å²) in [5, 5.41) is 5.98. The molecule has 1 aromatic rings. The van der Waals surface area contributed by atoms with E-state index in [1.54, 1.807) is 13.1 Å². The van der Waals surface area contributed by atoms with Crippen molar-refractivity contribution in [3.63, 3.8) is 0 Å². The lowest BCUT2D eigenvalue weighted by atomic mass is 10.2. The second kappa shape index (κ2) is 5.44. The molecule has 1 aliphatic rings. The Hall–Kier alpha value is -2.18. The smallest absolute Gasteiger partial charge is 0.251 e. The van der Waals surface area contributed by atoms with Crippen LogP contribution in [0.5, 0.6) is 0 Å². The number of carbonyl (C=O) groups is 2. The molecular weight excluding hydrogens is 258 g/mol. The third-order valence-electron chi connectivity index (χ3n) is 3.22. The van der Waals surface area contributed by atoms with Crippen molar-refractivity contribution in [2.75, 3.05) is 24.7 Å². The first-order valence-corrected chi connectivity index (χ1v) is 6.56. The Labute approximate surface area is 117 Å². The van der Waals surface area contributed by atoms with Crippen molar-refractivity contribution in [2.45, 2.75) is 32.2 Å². The van der Waals surface area contributed by atoms with Gasteiger partial charge >= 0.3 is 0 Å². The molecule has 0 saturated carbocycles. The van der Waals surface area contributed by atoms with Crippen molar-refractivity contribution in [2.24, 2.45) is 0 Å². The van der Waals surface area contributed by atoms with E-state index in [-0.39, 0.29) is 24.2 Å². The number of imide groups is 1. The summed E-state index contributed by atoms with van der Waals surface area (Å²) in [4.78, 5) is 33.3. The lowest BCUT2D eigenvalue weighted by molar-refractivity contribution is -0.136. The van der Waals surface area contributed by atoms with E-state index in [9.17, 15) is 9.59 Å². The third-order valence-corrected chi connectivity index (χ3v) is 3.22. The van der Waals surface area contributed by atoms with Crippen LogP contribution in [-0.2, 0) is 9.59 Å². The SMILES string of the molecule is CNc1cc(NC2CC(=O)N(C)C2=O)nc(C(C)C)n1. The maximum atomic E-state index is 11.9. The maximum absolute atomic E-state index is 11.9. The van der Waals surface area contributed by atoms with Crippen LogP contribution in [0.3, 0.4) is 0 Å². The number of hydrogen-bond acceptors (Lipinski definition) is 6. The number of rotatable bonds is 4.